The van der Waals surface area contributed by atoms with Gasteiger partial charge in [0.2, 0.25) is 0 Å². The van der Waals surface area contributed by atoms with Crippen LogP contribution < -0.4 is 4.74 Å². The zero-order chi connectivity index (χ0) is 16.9. The van der Waals surface area contributed by atoms with Crippen LogP contribution in [0.5, 0.6) is 5.75 Å². The SMILES string of the molecule is COc1ccc(F)cc1C(=O)C1CCCN(Cc2ccccn2)C1. The van der Waals surface area contributed by atoms with Gasteiger partial charge in [0.05, 0.1) is 18.4 Å². The van der Waals surface area contributed by atoms with Crippen LogP contribution in [0.4, 0.5) is 4.39 Å². The maximum Gasteiger partial charge on any atom is 0.171 e. The predicted molar refractivity (Wildman–Crippen MR) is 89.5 cm³/mol. The molecule has 0 radical (unpaired) electrons. The number of halogens is 1. The second-order valence-electron chi connectivity index (χ2n) is 6.10. The highest BCUT2D eigenvalue weighted by molar-refractivity contribution is 6.00. The number of hydrogen-bond donors (Lipinski definition) is 0. The average molecular weight is 328 g/mol. The van der Waals surface area contributed by atoms with Gasteiger partial charge in [0, 0.05) is 25.2 Å². The van der Waals surface area contributed by atoms with Crippen molar-refractivity contribution in [3.8, 4) is 5.75 Å². The summed E-state index contributed by atoms with van der Waals surface area (Å²) in [6.45, 7) is 2.33. The second kappa shape index (κ2) is 7.53. The zero-order valence-electron chi connectivity index (χ0n) is 13.7. The summed E-state index contributed by atoms with van der Waals surface area (Å²) in [7, 11) is 1.50. The Kier molecular flexibility index (Phi) is 5.20. The third kappa shape index (κ3) is 3.79. The van der Waals surface area contributed by atoms with Crippen LogP contribution in [0.2, 0.25) is 0 Å². The minimum Gasteiger partial charge on any atom is -0.496 e. The molecule has 0 saturated carbocycles. The number of pyridine rings is 1. The highest BCUT2D eigenvalue weighted by atomic mass is 19.1. The number of aromatic nitrogens is 1. The molecule has 3 rings (SSSR count). The fourth-order valence-electron chi connectivity index (χ4n) is 3.23. The molecule has 1 aromatic heterocycles. The zero-order valence-corrected chi connectivity index (χ0v) is 13.7. The maximum absolute atomic E-state index is 13.5. The Morgan fingerprint density at radius 3 is 3.00 bits per heavy atom. The van der Waals surface area contributed by atoms with E-state index in [1.54, 1.807) is 6.20 Å². The summed E-state index contributed by atoms with van der Waals surface area (Å²) >= 11 is 0. The smallest absolute Gasteiger partial charge is 0.171 e. The van der Waals surface area contributed by atoms with Crippen molar-refractivity contribution >= 4 is 5.78 Å². The molecular weight excluding hydrogens is 307 g/mol. The summed E-state index contributed by atoms with van der Waals surface area (Å²) in [6, 6.07) is 9.94. The van der Waals surface area contributed by atoms with Crippen molar-refractivity contribution in [1.29, 1.82) is 0 Å². The topological polar surface area (TPSA) is 42.4 Å². The first-order valence-corrected chi connectivity index (χ1v) is 8.17. The van der Waals surface area contributed by atoms with Gasteiger partial charge in [-0.3, -0.25) is 14.7 Å². The molecule has 1 saturated heterocycles. The summed E-state index contributed by atoms with van der Waals surface area (Å²) in [6.07, 6.45) is 3.54. The summed E-state index contributed by atoms with van der Waals surface area (Å²) < 4.78 is 18.8. The Hall–Kier alpha value is -2.27. The van der Waals surface area contributed by atoms with Gasteiger partial charge in [-0.1, -0.05) is 6.07 Å². The van der Waals surface area contributed by atoms with Crippen molar-refractivity contribution < 1.29 is 13.9 Å². The Labute approximate surface area is 141 Å². The number of methoxy groups -OCH3 is 1. The third-order valence-corrected chi connectivity index (χ3v) is 4.42. The molecule has 1 atom stereocenters. The summed E-state index contributed by atoms with van der Waals surface area (Å²) in [5.41, 5.74) is 1.33. The Morgan fingerprint density at radius 2 is 2.25 bits per heavy atom. The summed E-state index contributed by atoms with van der Waals surface area (Å²) in [5.74, 6) is -0.168. The first-order valence-electron chi connectivity index (χ1n) is 8.17. The Morgan fingerprint density at radius 1 is 1.38 bits per heavy atom. The van der Waals surface area contributed by atoms with E-state index in [2.05, 4.69) is 9.88 Å². The van der Waals surface area contributed by atoms with Gasteiger partial charge in [-0.2, -0.15) is 0 Å². The molecule has 1 unspecified atom stereocenters. The molecular formula is C19H21FN2O2. The molecule has 2 heterocycles. The normalized spacial score (nSPS) is 18.3. The van der Waals surface area contributed by atoms with Crippen LogP contribution in [0.1, 0.15) is 28.9 Å². The fourth-order valence-corrected chi connectivity index (χ4v) is 3.23. The molecule has 1 aliphatic rings. The van der Waals surface area contributed by atoms with E-state index in [9.17, 15) is 9.18 Å². The molecule has 0 spiro atoms. The molecule has 2 aromatic rings. The molecule has 1 aromatic carbocycles. The number of ketones is 1. The average Bonchev–Trinajstić information content (AvgIpc) is 2.62. The molecule has 1 fully saturated rings. The maximum atomic E-state index is 13.5. The van der Waals surface area contributed by atoms with E-state index in [-0.39, 0.29) is 11.7 Å². The van der Waals surface area contributed by atoms with E-state index in [0.717, 1.165) is 31.6 Å². The minimum absolute atomic E-state index is 0.0444. The van der Waals surface area contributed by atoms with Crippen LogP contribution in [0.15, 0.2) is 42.6 Å². The monoisotopic (exact) mass is 328 g/mol. The number of carbonyl (C=O) groups is 1. The highest BCUT2D eigenvalue weighted by Gasteiger charge is 2.28. The van der Waals surface area contributed by atoms with Crippen LogP contribution in [0, 0.1) is 11.7 Å². The molecule has 5 heteroatoms. The van der Waals surface area contributed by atoms with E-state index in [0.29, 0.717) is 17.9 Å². The van der Waals surface area contributed by atoms with Crippen LogP contribution in [0.3, 0.4) is 0 Å². The fraction of sp³-hybridized carbons (Fsp3) is 0.368. The molecule has 126 valence electrons. The van der Waals surface area contributed by atoms with Crippen LogP contribution in [-0.2, 0) is 6.54 Å². The van der Waals surface area contributed by atoms with Crippen molar-refractivity contribution in [3.05, 3.63) is 59.7 Å². The van der Waals surface area contributed by atoms with Crippen molar-refractivity contribution in [2.75, 3.05) is 20.2 Å². The lowest BCUT2D eigenvalue weighted by molar-refractivity contribution is 0.0806. The number of benzene rings is 1. The van der Waals surface area contributed by atoms with Crippen molar-refractivity contribution in [1.82, 2.24) is 9.88 Å². The van der Waals surface area contributed by atoms with Crippen LogP contribution in [-0.4, -0.2) is 35.9 Å². The molecule has 0 bridgehead atoms. The van der Waals surface area contributed by atoms with Gasteiger partial charge in [0.1, 0.15) is 11.6 Å². The lowest BCUT2D eigenvalue weighted by atomic mass is 9.89. The second-order valence-corrected chi connectivity index (χ2v) is 6.10. The first-order chi connectivity index (χ1) is 11.7. The van der Waals surface area contributed by atoms with Gasteiger partial charge in [0.15, 0.2) is 5.78 Å². The molecule has 24 heavy (non-hydrogen) atoms. The highest BCUT2D eigenvalue weighted by Crippen LogP contribution is 2.27. The van der Waals surface area contributed by atoms with Crippen molar-refractivity contribution in [2.45, 2.75) is 19.4 Å². The molecule has 0 N–H and O–H groups in total. The molecule has 0 aliphatic carbocycles. The quantitative estimate of drug-likeness (QED) is 0.790. The van der Waals surface area contributed by atoms with Gasteiger partial charge in [-0.15, -0.1) is 0 Å². The number of piperidine rings is 1. The largest absolute Gasteiger partial charge is 0.496 e. The molecule has 0 amide bonds. The summed E-state index contributed by atoms with van der Waals surface area (Å²) in [4.78, 5) is 19.4. The number of rotatable bonds is 5. The van der Waals surface area contributed by atoms with Crippen molar-refractivity contribution in [2.24, 2.45) is 5.92 Å². The van der Waals surface area contributed by atoms with E-state index in [1.807, 2.05) is 18.2 Å². The Bertz CT molecular complexity index is 706. The molecule has 1 aliphatic heterocycles. The van der Waals surface area contributed by atoms with Gasteiger partial charge < -0.3 is 4.74 Å². The van der Waals surface area contributed by atoms with Crippen LogP contribution in [0.25, 0.3) is 0 Å². The van der Waals surface area contributed by atoms with E-state index >= 15 is 0 Å². The standard InChI is InChI=1S/C19H21FN2O2/c1-24-18-8-7-15(20)11-17(18)19(23)14-5-4-10-22(12-14)13-16-6-2-3-9-21-16/h2-3,6-9,11,14H,4-5,10,12-13H2,1H3. The number of ether oxygens (including phenoxy) is 1. The predicted octanol–water partition coefficient (Wildman–Crippen LogP) is 3.32. The number of likely N-dealkylation sites (tertiary alicyclic amines) is 1. The summed E-state index contributed by atoms with van der Waals surface area (Å²) in [5, 5.41) is 0. The van der Waals surface area contributed by atoms with E-state index in [1.165, 1.54) is 25.3 Å². The van der Waals surface area contributed by atoms with Gasteiger partial charge in [0.25, 0.3) is 0 Å². The van der Waals surface area contributed by atoms with Gasteiger partial charge in [-0.25, -0.2) is 4.39 Å². The number of carbonyl (C=O) groups excluding carboxylic acids is 1. The first kappa shape index (κ1) is 16.6. The van der Waals surface area contributed by atoms with Gasteiger partial charge in [-0.05, 0) is 49.7 Å². The number of hydrogen-bond acceptors (Lipinski definition) is 4. The third-order valence-electron chi connectivity index (χ3n) is 4.42. The molecule has 4 nitrogen and oxygen atoms in total. The van der Waals surface area contributed by atoms with Crippen molar-refractivity contribution in [3.63, 3.8) is 0 Å². The van der Waals surface area contributed by atoms with E-state index in [4.69, 9.17) is 4.74 Å². The van der Waals surface area contributed by atoms with E-state index < -0.39 is 5.82 Å². The minimum atomic E-state index is -0.416. The lowest BCUT2D eigenvalue weighted by Crippen LogP contribution is -2.38. The lowest BCUT2D eigenvalue weighted by Gasteiger charge is -2.31. The van der Waals surface area contributed by atoms with Crippen LogP contribution >= 0.6 is 0 Å². The number of nitrogens with zero attached hydrogens (tertiary/aromatic N) is 2. The Balaban J connectivity index is 1.72. The van der Waals surface area contributed by atoms with Gasteiger partial charge >= 0.3 is 0 Å². The number of Topliss-reactive ketones (excluding diaryl/α,β-unsaturated/α-hetero) is 1.